The number of thioether (sulfide) groups is 1. The minimum Gasteiger partial charge on any atom is -0.349 e. The normalized spacial score (nSPS) is 12.1. The Morgan fingerprint density at radius 1 is 1.33 bits per heavy atom. The van der Waals surface area contributed by atoms with Gasteiger partial charge in [-0.2, -0.15) is 0 Å². The number of carbonyl (C=O) groups excluding carboxylic acids is 1. The van der Waals surface area contributed by atoms with Crippen LogP contribution >= 0.6 is 39.0 Å². The molecule has 0 aliphatic carbocycles. The Morgan fingerprint density at radius 3 is 2.71 bits per heavy atom. The Labute approximate surface area is 142 Å². The summed E-state index contributed by atoms with van der Waals surface area (Å²) in [5.41, 5.74) is 1.15. The van der Waals surface area contributed by atoms with E-state index in [9.17, 15) is 4.79 Å². The minimum absolute atomic E-state index is 0.0907. The molecule has 1 atom stereocenters. The van der Waals surface area contributed by atoms with Crippen molar-refractivity contribution in [3.05, 3.63) is 56.7 Å². The van der Waals surface area contributed by atoms with E-state index in [4.69, 9.17) is 0 Å². The lowest BCUT2D eigenvalue weighted by Gasteiger charge is -2.17. The molecule has 0 bridgehead atoms. The summed E-state index contributed by atoms with van der Waals surface area (Å²) in [6.07, 6.45) is 0.892. The van der Waals surface area contributed by atoms with E-state index in [0.29, 0.717) is 5.75 Å². The highest BCUT2D eigenvalue weighted by molar-refractivity contribution is 9.10. The maximum atomic E-state index is 12.0. The lowest BCUT2D eigenvalue weighted by atomic mass is 10.0. The molecule has 5 heteroatoms. The van der Waals surface area contributed by atoms with Crippen molar-refractivity contribution < 1.29 is 4.79 Å². The second-order valence-electron chi connectivity index (χ2n) is 4.65. The number of benzene rings is 1. The molecule has 1 aromatic carbocycles. The molecule has 112 valence electrons. The van der Waals surface area contributed by atoms with Crippen LogP contribution in [0.4, 0.5) is 0 Å². The van der Waals surface area contributed by atoms with Crippen molar-refractivity contribution in [2.75, 3.05) is 5.75 Å². The van der Waals surface area contributed by atoms with Crippen molar-refractivity contribution in [2.24, 2.45) is 0 Å². The largest absolute Gasteiger partial charge is 0.349 e. The van der Waals surface area contributed by atoms with Gasteiger partial charge >= 0.3 is 0 Å². The molecular weight excluding hydrogens is 366 g/mol. The molecule has 0 spiro atoms. The molecule has 2 rings (SSSR count). The number of thiophene rings is 1. The molecule has 1 aromatic heterocycles. The van der Waals surface area contributed by atoms with Gasteiger partial charge in [-0.15, -0.1) is 23.1 Å². The Hall–Kier alpha value is -0.780. The predicted molar refractivity (Wildman–Crippen MR) is 95.8 cm³/mol. The fourth-order valence-electron chi connectivity index (χ4n) is 1.99. The van der Waals surface area contributed by atoms with Crippen molar-refractivity contribution in [3.8, 4) is 0 Å². The van der Waals surface area contributed by atoms with Gasteiger partial charge in [0.1, 0.15) is 0 Å². The predicted octanol–water partition coefficient (Wildman–Crippen LogP) is 5.01. The monoisotopic (exact) mass is 383 g/mol. The van der Waals surface area contributed by atoms with E-state index in [1.807, 2.05) is 18.2 Å². The molecule has 0 saturated carbocycles. The van der Waals surface area contributed by atoms with Crippen LogP contribution < -0.4 is 5.32 Å². The number of amides is 1. The molecule has 2 nitrogen and oxygen atoms in total. The third-order valence-electron chi connectivity index (χ3n) is 3.07. The maximum Gasteiger partial charge on any atom is 0.230 e. The van der Waals surface area contributed by atoms with Gasteiger partial charge in [0.2, 0.25) is 5.91 Å². The summed E-state index contributed by atoms with van der Waals surface area (Å²) in [7, 11) is 0. The highest BCUT2D eigenvalue weighted by Crippen LogP contribution is 2.20. The van der Waals surface area contributed by atoms with Crippen LogP contribution in [0.25, 0.3) is 0 Å². The average Bonchev–Trinajstić information content (AvgIpc) is 2.99. The summed E-state index contributed by atoms with van der Waals surface area (Å²) in [5, 5.41) is 5.18. The van der Waals surface area contributed by atoms with E-state index < -0.39 is 0 Å². The standard InChI is InChI=1S/C16H18BrNOS2/c1-2-15(12-5-7-13(17)8-6-12)18-16(19)11-20-10-14-4-3-9-21-14/h3-9,15H,2,10-11H2,1H3,(H,18,19). The first-order valence-corrected chi connectivity index (χ1v) is 9.66. The molecule has 2 aromatic rings. The first-order chi connectivity index (χ1) is 10.2. The molecule has 0 radical (unpaired) electrons. The van der Waals surface area contributed by atoms with Crippen molar-refractivity contribution in [2.45, 2.75) is 25.1 Å². The molecule has 0 aliphatic heterocycles. The van der Waals surface area contributed by atoms with Crippen molar-refractivity contribution in [1.29, 1.82) is 0 Å². The highest BCUT2D eigenvalue weighted by Gasteiger charge is 2.12. The van der Waals surface area contributed by atoms with Crippen LogP contribution in [-0.2, 0) is 10.5 Å². The lowest BCUT2D eigenvalue weighted by molar-refractivity contribution is -0.119. The number of nitrogens with one attached hydrogen (secondary N) is 1. The van der Waals surface area contributed by atoms with Gasteiger partial charge in [-0.05, 0) is 35.6 Å². The van der Waals surface area contributed by atoms with Crippen LogP contribution in [-0.4, -0.2) is 11.7 Å². The Bertz CT molecular complexity index is 554. The Kier molecular flexibility index (Phi) is 6.80. The van der Waals surface area contributed by atoms with Crippen LogP contribution in [0.3, 0.4) is 0 Å². The topological polar surface area (TPSA) is 29.1 Å². The van der Waals surface area contributed by atoms with E-state index in [1.165, 1.54) is 4.88 Å². The fourth-order valence-corrected chi connectivity index (χ4v) is 3.93. The zero-order chi connectivity index (χ0) is 15.1. The van der Waals surface area contributed by atoms with Gasteiger partial charge in [-0.25, -0.2) is 0 Å². The van der Waals surface area contributed by atoms with Gasteiger partial charge in [-0.3, -0.25) is 4.79 Å². The second-order valence-corrected chi connectivity index (χ2v) is 7.59. The Morgan fingerprint density at radius 2 is 2.10 bits per heavy atom. The number of carbonyl (C=O) groups is 1. The molecule has 1 unspecified atom stereocenters. The zero-order valence-corrected chi connectivity index (χ0v) is 15.1. The molecule has 0 aliphatic rings. The van der Waals surface area contributed by atoms with Crippen LogP contribution in [0, 0.1) is 0 Å². The van der Waals surface area contributed by atoms with Gasteiger partial charge in [0.05, 0.1) is 11.8 Å². The van der Waals surface area contributed by atoms with Crippen molar-refractivity contribution in [3.63, 3.8) is 0 Å². The molecule has 1 heterocycles. The number of hydrogen-bond acceptors (Lipinski definition) is 3. The van der Waals surface area contributed by atoms with E-state index >= 15 is 0 Å². The molecule has 1 N–H and O–H groups in total. The quantitative estimate of drug-likeness (QED) is 0.727. The van der Waals surface area contributed by atoms with E-state index in [2.05, 4.69) is 51.7 Å². The summed E-state index contributed by atoms with van der Waals surface area (Å²) in [5.74, 6) is 1.51. The first kappa shape index (κ1) is 16.6. The molecule has 0 fully saturated rings. The third-order valence-corrected chi connectivity index (χ3v) is 5.64. The lowest BCUT2D eigenvalue weighted by Crippen LogP contribution is -2.29. The van der Waals surface area contributed by atoms with Crippen LogP contribution in [0.15, 0.2) is 46.3 Å². The van der Waals surface area contributed by atoms with Gasteiger partial charge in [0, 0.05) is 15.1 Å². The molecule has 1 amide bonds. The van der Waals surface area contributed by atoms with Crippen LogP contribution in [0.1, 0.15) is 29.8 Å². The minimum atomic E-state index is 0.0907. The maximum absolute atomic E-state index is 12.0. The van der Waals surface area contributed by atoms with Gasteiger partial charge in [0.15, 0.2) is 0 Å². The molecule has 0 saturated heterocycles. The molecular formula is C16H18BrNOS2. The molecule has 21 heavy (non-hydrogen) atoms. The van der Waals surface area contributed by atoms with Gasteiger partial charge in [0.25, 0.3) is 0 Å². The summed E-state index contributed by atoms with van der Waals surface area (Å²) in [4.78, 5) is 13.4. The van der Waals surface area contributed by atoms with Crippen molar-refractivity contribution in [1.82, 2.24) is 5.32 Å². The number of hydrogen-bond donors (Lipinski definition) is 1. The third kappa shape index (κ3) is 5.49. The Balaban J connectivity index is 1.80. The summed E-state index contributed by atoms with van der Waals surface area (Å²) >= 11 is 6.82. The fraction of sp³-hybridized carbons (Fsp3) is 0.312. The van der Waals surface area contributed by atoms with E-state index in [1.54, 1.807) is 23.1 Å². The van der Waals surface area contributed by atoms with Gasteiger partial charge < -0.3 is 5.32 Å². The van der Waals surface area contributed by atoms with Crippen LogP contribution in [0.5, 0.6) is 0 Å². The number of rotatable bonds is 7. The van der Waals surface area contributed by atoms with E-state index in [-0.39, 0.29) is 11.9 Å². The van der Waals surface area contributed by atoms with Gasteiger partial charge in [-0.1, -0.05) is 41.1 Å². The smallest absolute Gasteiger partial charge is 0.230 e. The second kappa shape index (κ2) is 8.61. The van der Waals surface area contributed by atoms with Crippen molar-refractivity contribution >= 4 is 44.9 Å². The summed E-state index contributed by atoms with van der Waals surface area (Å²) in [6, 6.07) is 12.4. The first-order valence-electron chi connectivity index (χ1n) is 6.84. The average molecular weight is 384 g/mol. The SMILES string of the molecule is CCC(NC(=O)CSCc1cccs1)c1ccc(Br)cc1. The number of halogens is 1. The summed E-state index contributed by atoms with van der Waals surface area (Å²) < 4.78 is 1.05. The highest BCUT2D eigenvalue weighted by atomic mass is 79.9. The van der Waals surface area contributed by atoms with E-state index in [0.717, 1.165) is 22.2 Å². The van der Waals surface area contributed by atoms with Crippen LogP contribution in [0.2, 0.25) is 0 Å². The summed E-state index contributed by atoms with van der Waals surface area (Å²) in [6.45, 7) is 2.09. The zero-order valence-electron chi connectivity index (χ0n) is 11.8.